The average molecular weight is 228 g/mol. The maximum Gasteiger partial charge on any atom is 0.255 e. The Kier molecular flexibility index (Phi) is 3.05. The molecule has 0 radical (unpaired) electrons. The van der Waals surface area contributed by atoms with Gasteiger partial charge in [-0.2, -0.15) is 0 Å². The molecule has 4 nitrogen and oxygen atoms in total. The molecule has 0 aliphatic carbocycles. The first-order valence-corrected chi connectivity index (χ1v) is 5.18. The van der Waals surface area contributed by atoms with E-state index in [0.717, 1.165) is 5.56 Å². The number of aryl methyl sites for hydroxylation is 1. The van der Waals surface area contributed by atoms with Crippen LogP contribution in [0.25, 0.3) is 0 Å². The minimum Gasteiger partial charge on any atom is -0.508 e. The molecule has 17 heavy (non-hydrogen) atoms. The van der Waals surface area contributed by atoms with Crippen LogP contribution in [0.3, 0.4) is 0 Å². The van der Waals surface area contributed by atoms with Crippen LogP contribution in [0.4, 0.5) is 5.69 Å². The highest BCUT2D eigenvalue weighted by Gasteiger charge is 2.07. The molecule has 0 saturated heterocycles. The Morgan fingerprint density at radius 1 is 1.35 bits per heavy atom. The molecule has 1 heterocycles. The summed E-state index contributed by atoms with van der Waals surface area (Å²) in [6, 6.07) is 8.30. The number of benzene rings is 1. The molecule has 0 unspecified atom stereocenters. The highest BCUT2D eigenvalue weighted by molar-refractivity contribution is 6.04. The maximum absolute atomic E-state index is 11.8. The van der Waals surface area contributed by atoms with Crippen molar-refractivity contribution in [3.8, 4) is 5.75 Å². The summed E-state index contributed by atoms with van der Waals surface area (Å²) in [5.74, 6) is -0.155. The number of hydrogen-bond donors (Lipinski definition) is 2. The first-order chi connectivity index (χ1) is 8.16. The predicted octanol–water partition coefficient (Wildman–Crippen LogP) is 2.35. The van der Waals surface area contributed by atoms with Crippen molar-refractivity contribution < 1.29 is 9.90 Å². The number of anilines is 1. The number of nitrogens with one attached hydrogen (secondary N) is 1. The van der Waals surface area contributed by atoms with Gasteiger partial charge in [-0.3, -0.25) is 9.78 Å². The lowest BCUT2D eigenvalue weighted by Crippen LogP contribution is -2.11. The average Bonchev–Trinajstić information content (AvgIpc) is 2.34. The summed E-state index contributed by atoms with van der Waals surface area (Å²) in [6.07, 6.45) is 3.19. The number of pyridine rings is 1. The van der Waals surface area contributed by atoms with Crippen molar-refractivity contribution >= 4 is 11.6 Å². The minimum absolute atomic E-state index is 0.115. The molecule has 2 N–H and O–H groups in total. The molecule has 0 atom stereocenters. The topological polar surface area (TPSA) is 62.2 Å². The molecule has 0 aliphatic heterocycles. The Morgan fingerprint density at radius 2 is 2.18 bits per heavy atom. The molecule has 2 aromatic rings. The van der Waals surface area contributed by atoms with E-state index in [4.69, 9.17) is 0 Å². The van der Waals surface area contributed by atoms with E-state index in [1.807, 2.05) is 0 Å². The Bertz CT molecular complexity index is 538. The zero-order valence-electron chi connectivity index (χ0n) is 9.34. The lowest BCUT2D eigenvalue weighted by molar-refractivity contribution is 0.102. The zero-order valence-corrected chi connectivity index (χ0v) is 9.34. The molecule has 1 aromatic carbocycles. The number of aromatic nitrogens is 1. The fraction of sp³-hybridized carbons (Fsp3) is 0.0769. The normalized spacial score (nSPS) is 9.94. The molecule has 0 bridgehead atoms. The summed E-state index contributed by atoms with van der Waals surface area (Å²) >= 11 is 0. The van der Waals surface area contributed by atoms with Crippen molar-refractivity contribution in [3.63, 3.8) is 0 Å². The molecule has 4 heteroatoms. The van der Waals surface area contributed by atoms with Crippen molar-refractivity contribution in [1.29, 1.82) is 0 Å². The van der Waals surface area contributed by atoms with Gasteiger partial charge in [-0.1, -0.05) is 6.07 Å². The van der Waals surface area contributed by atoms with E-state index in [1.54, 1.807) is 43.6 Å². The molecule has 86 valence electrons. The van der Waals surface area contributed by atoms with Crippen LogP contribution in [0.15, 0.2) is 42.7 Å². The van der Waals surface area contributed by atoms with Gasteiger partial charge in [-0.15, -0.1) is 0 Å². The third-order valence-corrected chi connectivity index (χ3v) is 2.39. The SMILES string of the molecule is Cc1ccc(C(=O)Nc2cccnc2)cc1O. The number of carbonyl (C=O) groups excluding carboxylic acids is 1. The Hall–Kier alpha value is -2.36. The van der Waals surface area contributed by atoms with Crippen LogP contribution in [0.5, 0.6) is 5.75 Å². The number of aromatic hydroxyl groups is 1. The molecule has 0 spiro atoms. The second-order valence-electron chi connectivity index (χ2n) is 3.70. The second kappa shape index (κ2) is 4.65. The van der Waals surface area contributed by atoms with Gasteiger partial charge in [0, 0.05) is 11.8 Å². The number of phenols is 1. The summed E-state index contributed by atoms with van der Waals surface area (Å²) in [5.41, 5.74) is 1.78. The third kappa shape index (κ3) is 2.60. The molecular formula is C13H12N2O2. The molecule has 0 fully saturated rings. The Labute approximate surface area is 98.9 Å². The van der Waals surface area contributed by atoms with E-state index in [-0.39, 0.29) is 11.7 Å². The standard InChI is InChI=1S/C13H12N2O2/c1-9-4-5-10(7-12(9)16)13(17)15-11-3-2-6-14-8-11/h2-8,16H,1H3,(H,15,17). The minimum atomic E-state index is -0.270. The smallest absolute Gasteiger partial charge is 0.255 e. The molecule has 2 rings (SSSR count). The van der Waals surface area contributed by atoms with Crippen LogP contribution >= 0.6 is 0 Å². The van der Waals surface area contributed by atoms with E-state index in [1.165, 1.54) is 6.07 Å². The van der Waals surface area contributed by atoms with E-state index >= 15 is 0 Å². The van der Waals surface area contributed by atoms with Crippen molar-refractivity contribution in [2.45, 2.75) is 6.92 Å². The van der Waals surface area contributed by atoms with Gasteiger partial charge in [-0.05, 0) is 36.8 Å². The van der Waals surface area contributed by atoms with Crippen molar-refractivity contribution in [2.24, 2.45) is 0 Å². The van der Waals surface area contributed by atoms with Crippen molar-refractivity contribution in [1.82, 2.24) is 4.98 Å². The van der Waals surface area contributed by atoms with Gasteiger partial charge in [0.1, 0.15) is 5.75 Å². The first kappa shape index (κ1) is 11.1. The Balaban J connectivity index is 2.18. The number of carbonyl (C=O) groups is 1. The Morgan fingerprint density at radius 3 is 2.82 bits per heavy atom. The van der Waals surface area contributed by atoms with Gasteiger partial charge < -0.3 is 10.4 Å². The molecule has 1 aromatic heterocycles. The number of rotatable bonds is 2. The largest absolute Gasteiger partial charge is 0.508 e. The number of phenolic OH excluding ortho intramolecular Hbond substituents is 1. The van der Waals surface area contributed by atoms with Crippen molar-refractivity contribution in [2.75, 3.05) is 5.32 Å². The van der Waals surface area contributed by atoms with E-state index in [0.29, 0.717) is 11.3 Å². The molecule has 0 aliphatic rings. The maximum atomic E-state index is 11.8. The van der Waals surface area contributed by atoms with Crippen LogP contribution < -0.4 is 5.32 Å². The van der Waals surface area contributed by atoms with E-state index < -0.39 is 0 Å². The van der Waals surface area contributed by atoms with Crippen LogP contribution in [-0.4, -0.2) is 16.0 Å². The third-order valence-electron chi connectivity index (χ3n) is 2.39. The number of hydrogen-bond acceptors (Lipinski definition) is 3. The molecular weight excluding hydrogens is 216 g/mol. The highest BCUT2D eigenvalue weighted by atomic mass is 16.3. The lowest BCUT2D eigenvalue weighted by Gasteiger charge is -2.05. The van der Waals surface area contributed by atoms with Gasteiger partial charge in [0.2, 0.25) is 0 Å². The molecule has 1 amide bonds. The lowest BCUT2D eigenvalue weighted by atomic mass is 10.1. The first-order valence-electron chi connectivity index (χ1n) is 5.18. The number of nitrogens with zero attached hydrogens (tertiary/aromatic N) is 1. The monoisotopic (exact) mass is 228 g/mol. The highest BCUT2D eigenvalue weighted by Crippen LogP contribution is 2.18. The van der Waals surface area contributed by atoms with Gasteiger partial charge >= 0.3 is 0 Å². The fourth-order valence-electron chi connectivity index (χ4n) is 1.39. The zero-order chi connectivity index (χ0) is 12.3. The van der Waals surface area contributed by atoms with Gasteiger partial charge in [0.05, 0.1) is 11.9 Å². The predicted molar refractivity (Wildman–Crippen MR) is 65.0 cm³/mol. The van der Waals surface area contributed by atoms with Gasteiger partial charge in [0.25, 0.3) is 5.91 Å². The van der Waals surface area contributed by atoms with E-state index in [9.17, 15) is 9.90 Å². The fourth-order valence-corrected chi connectivity index (χ4v) is 1.39. The van der Waals surface area contributed by atoms with Gasteiger partial charge in [-0.25, -0.2) is 0 Å². The quantitative estimate of drug-likeness (QED) is 0.829. The summed E-state index contributed by atoms with van der Waals surface area (Å²) in [5, 5.41) is 12.2. The summed E-state index contributed by atoms with van der Waals surface area (Å²) in [4.78, 5) is 15.7. The van der Waals surface area contributed by atoms with Crippen LogP contribution in [0.1, 0.15) is 15.9 Å². The van der Waals surface area contributed by atoms with E-state index in [2.05, 4.69) is 10.3 Å². The molecule has 0 saturated carbocycles. The summed E-state index contributed by atoms with van der Waals surface area (Å²) < 4.78 is 0. The van der Waals surface area contributed by atoms with Gasteiger partial charge in [0.15, 0.2) is 0 Å². The number of amides is 1. The van der Waals surface area contributed by atoms with Crippen LogP contribution in [-0.2, 0) is 0 Å². The van der Waals surface area contributed by atoms with Crippen LogP contribution in [0, 0.1) is 6.92 Å². The van der Waals surface area contributed by atoms with Crippen LogP contribution in [0.2, 0.25) is 0 Å². The van der Waals surface area contributed by atoms with Crippen molar-refractivity contribution in [3.05, 3.63) is 53.9 Å². The summed E-state index contributed by atoms with van der Waals surface area (Å²) in [6.45, 7) is 1.78. The second-order valence-corrected chi connectivity index (χ2v) is 3.70. The summed E-state index contributed by atoms with van der Waals surface area (Å²) in [7, 11) is 0.